The number of ketones is 3. The van der Waals surface area contributed by atoms with Crippen molar-refractivity contribution in [3.8, 4) is 11.5 Å². The number of primary amides is 1. The van der Waals surface area contributed by atoms with Crippen molar-refractivity contribution in [2.24, 2.45) is 29.4 Å². The summed E-state index contributed by atoms with van der Waals surface area (Å²) in [7, 11) is 6.86. The molecule has 1 aromatic heterocycles. The summed E-state index contributed by atoms with van der Waals surface area (Å²) in [6, 6.07) is 30.7. The lowest BCUT2D eigenvalue weighted by Crippen LogP contribution is -2.59. The number of carbonyl (C=O) groups is 16. The van der Waals surface area contributed by atoms with Crippen molar-refractivity contribution in [3.63, 3.8) is 0 Å². The van der Waals surface area contributed by atoms with Gasteiger partial charge in [0.05, 0.1) is 30.8 Å². The number of rotatable bonds is 25. The van der Waals surface area contributed by atoms with E-state index in [0.717, 1.165) is 32.7 Å². The number of fused-ring (bicyclic) bond motifs is 2. The first-order chi connectivity index (χ1) is 63.0. The minimum atomic E-state index is -1.58. The lowest BCUT2D eigenvalue weighted by Gasteiger charge is -2.37. The van der Waals surface area contributed by atoms with E-state index in [1.165, 1.54) is 98.5 Å². The average Bonchev–Trinajstić information content (AvgIpc) is 1.63. The van der Waals surface area contributed by atoms with Crippen molar-refractivity contribution in [2.75, 3.05) is 66.4 Å². The van der Waals surface area contributed by atoms with Gasteiger partial charge in [-0.25, -0.2) is 0 Å². The molecule has 0 spiro atoms. The number of hydrogen-bond acceptors (Lipinski definition) is 20. The number of likely N-dealkylation sites (N-methyl/N-ethyl adjacent to an activating group) is 5. The summed E-state index contributed by atoms with van der Waals surface area (Å²) in [5.74, 6) is -16.2. The number of ether oxygens (including phenoxy) is 1. The monoisotopic (exact) mass is 1830 g/mol. The van der Waals surface area contributed by atoms with Gasteiger partial charge < -0.3 is 82.1 Å². The number of allylic oxidation sites excluding steroid dienone is 1. The number of benzene rings is 6. The van der Waals surface area contributed by atoms with Crippen LogP contribution in [0.1, 0.15) is 131 Å². The minimum Gasteiger partial charge on any atom is -0.508 e. The second kappa shape index (κ2) is 49.6. The molecule has 32 nitrogen and oxygen atoms in total. The molecule has 1 aliphatic heterocycles. The summed E-state index contributed by atoms with van der Waals surface area (Å²) in [6.45, 7) is 6.90. The zero-order valence-corrected chi connectivity index (χ0v) is 77.3. The Bertz CT molecular complexity index is 5260. The van der Waals surface area contributed by atoms with Crippen LogP contribution in [0.5, 0.6) is 11.5 Å². The first-order valence-corrected chi connectivity index (χ1v) is 45.7. The maximum atomic E-state index is 15.7. The molecule has 11 atom stereocenters. The Kier molecular flexibility index (Phi) is 38.5. The predicted octanol–water partition coefficient (Wildman–Crippen LogP) is 6.23. The van der Waals surface area contributed by atoms with Crippen molar-refractivity contribution in [3.05, 3.63) is 209 Å². The van der Waals surface area contributed by atoms with Gasteiger partial charge in [0, 0.05) is 128 Å². The first kappa shape index (κ1) is 102. The van der Waals surface area contributed by atoms with Crippen molar-refractivity contribution < 1.29 is 91.7 Å². The molecule has 0 saturated carbocycles. The summed E-state index contributed by atoms with van der Waals surface area (Å²) in [5, 5.41) is 38.4. The van der Waals surface area contributed by atoms with Crippen LogP contribution in [0.15, 0.2) is 170 Å². The summed E-state index contributed by atoms with van der Waals surface area (Å²) < 4.78 is 5.17. The Labute approximate surface area is 773 Å². The fraction of sp³-hybridized carbons (Fsp3) is 0.434. The normalized spacial score (nSPS) is 22.2. The molecule has 9 rings (SSSR count). The van der Waals surface area contributed by atoms with Gasteiger partial charge in [0.1, 0.15) is 72.2 Å². The second-order valence-electron chi connectivity index (χ2n) is 34.9. The Morgan fingerprint density at radius 1 is 0.523 bits per heavy atom. The van der Waals surface area contributed by atoms with Gasteiger partial charge in [0.25, 0.3) is 6.47 Å². The molecule has 12 amide bonds. The van der Waals surface area contributed by atoms with Crippen molar-refractivity contribution >= 4 is 123 Å². The molecule has 704 valence electrons. The number of nitrogens with zero attached hydrogens (tertiary/aromatic N) is 5. The number of amides is 12. The van der Waals surface area contributed by atoms with Crippen LogP contribution in [0.25, 0.3) is 16.5 Å². The van der Waals surface area contributed by atoms with Crippen LogP contribution < -0.4 is 37.6 Å². The average molecular weight is 1830 g/mol. The van der Waals surface area contributed by atoms with Gasteiger partial charge in [-0.1, -0.05) is 181 Å². The van der Waals surface area contributed by atoms with E-state index in [9.17, 15) is 43.8 Å². The number of Topliss-reactive ketones (excluding diaryl/α,β-unsaturated/α-hetero) is 3. The van der Waals surface area contributed by atoms with E-state index in [4.69, 9.17) is 10.5 Å². The van der Waals surface area contributed by atoms with Gasteiger partial charge in [0.2, 0.25) is 70.9 Å². The SMILES string of the molecule is CCCC[C@H]1C(=O)N(C)CC(=O)C[C@@H](COC=O)C(=O)C[C@@H](C(C)C)C(=O)N(C)[C@@H](Cc2ccccc2)C(=O)N[C@@H](Cc2ccc(O)cc2)C(=O)N(C)CC(=O)N[C@@H](Cc2c[nH]c3ccccc23)C(=O)N[C@@H](Cc2ccc(O)cc2)C(=O)N[C@@H](CC(C)C)C(=O)N[C@H](C(=O)CCC(N)=O)CSCC(=O)N[C@@H](CC2=CCc3ccccc32)C(=O)N(C)[C@@H](Cc2ccccc2)C(=O)N1C. The molecule has 2 heterocycles. The molecular weight excluding hydrogens is 1710 g/mol. The summed E-state index contributed by atoms with van der Waals surface area (Å²) in [4.78, 5) is 245. The van der Waals surface area contributed by atoms with Crippen LogP contribution in [0, 0.1) is 23.7 Å². The summed E-state index contributed by atoms with van der Waals surface area (Å²) in [5.41, 5.74) is 11.3. The van der Waals surface area contributed by atoms with E-state index in [1.54, 1.807) is 119 Å². The zero-order valence-electron chi connectivity index (χ0n) is 76.4. The molecule has 11 N–H and O–H groups in total. The topological polar surface area (TPSA) is 453 Å². The third-order valence-electron chi connectivity index (χ3n) is 24.0. The number of thioether (sulfide) groups is 1. The summed E-state index contributed by atoms with van der Waals surface area (Å²) >= 11 is 0.892. The van der Waals surface area contributed by atoms with Crippen LogP contribution in [-0.2, 0) is 120 Å². The fourth-order valence-electron chi connectivity index (χ4n) is 16.5. The number of aromatic hydroxyl groups is 2. The van der Waals surface area contributed by atoms with E-state index in [1.807, 2.05) is 37.3 Å². The minimum absolute atomic E-state index is 0.0638. The first-order valence-electron chi connectivity index (χ1n) is 44.6. The van der Waals surface area contributed by atoms with E-state index in [0.29, 0.717) is 63.6 Å². The number of carbonyl (C=O) groups excluding carboxylic acids is 16. The highest BCUT2D eigenvalue weighted by atomic mass is 32.2. The Morgan fingerprint density at radius 2 is 1.05 bits per heavy atom. The molecule has 0 bridgehead atoms. The van der Waals surface area contributed by atoms with Crippen LogP contribution in [0.2, 0.25) is 0 Å². The third kappa shape index (κ3) is 29.6. The molecule has 1 aliphatic carbocycles. The Balaban J connectivity index is 1.12. The molecule has 0 radical (unpaired) electrons. The van der Waals surface area contributed by atoms with Crippen LogP contribution >= 0.6 is 11.8 Å². The molecule has 1 fully saturated rings. The molecule has 7 aromatic rings. The van der Waals surface area contributed by atoms with Crippen LogP contribution in [-0.4, -0.2) is 255 Å². The zero-order chi connectivity index (χ0) is 96.0. The van der Waals surface area contributed by atoms with Crippen molar-refractivity contribution in [2.45, 2.75) is 185 Å². The molecule has 2 aliphatic rings. The fourth-order valence-corrected chi connectivity index (χ4v) is 17.4. The maximum Gasteiger partial charge on any atom is 0.293 e. The van der Waals surface area contributed by atoms with Gasteiger partial charge in [-0.15, -0.1) is 11.8 Å². The number of aromatic amines is 1. The van der Waals surface area contributed by atoms with Crippen LogP contribution in [0.3, 0.4) is 0 Å². The molecule has 132 heavy (non-hydrogen) atoms. The van der Waals surface area contributed by atoms with Crippen molar-refractivity contribution in [1.82, 2.24) is 61.4 Å². The Hall–Kier alpha value is -13.3. The molecule has 1 saturated heterocycles. The van der Waals surface area contributed by atoms with E-state index < -0.39 is 211 Å². The summed E-state index contributed by atoms with van der Waals surface area (Å²) in [6.07, 6.45) is 1.96. The highest BCUT2D eigenvalue weighted by Crippen LogP contribution is 2.33. The van der Waals surface area contributed by atoms with Gasteiger partial charge in [-0.3, -0.25) is 76.7 Å². The molecule has 33 heteroatoms. The Morgan fingerprint density at radius 3 is 1.67 bits per heavy atom. The lowest BCUT2D eigenvalue weighted by molar-refractivity contribution is -0.151. The highest BCUT2D eigenvalue weighted by molar-refractivity contribution is 8.00. The number of phenols is 2. The predicted molar refractivity (Wildman–Crippen MR) is 498 cm³/mol. The van der Waals surface area contributed by atoms with E-state index in [-0.39, 0.29) is 81.0 Å². The van der Waals surface area contributed by atoms with E-state index >= 15 is 43.2 Å². The molecule has 6 aromatic carbocycles. The number of phenolic OH excluding ortho intramolecular Hbond substituents is 2. The van der Waals surface area contributed by atoms with Crippen LogP contribution in [0.4, 0.5) is 0 Å². The standard InChI is InChI=1S/C99H123N13O19S/c1-11-12-31-83-98(129)108(6)54-72(116)49-69(56-131-59-113)87(118)52-75(61(4)5)95(126)111(9)84(47-62-23-15-13-16-24-62)94(125)106-80(46-65-34-40-71(115)41-35-65)96(127)109(7)55-89(120)102-79(51-68-53-101-76-30-22-21-29-74(68)76)93(124)105-78(45-64-32-38-70(114)39-33-64)92(123)104-77(44-60(2)3)91(122)107-82(86(117)42-43-88(100)119)57-132-58-90(121)103-81(50-67-37-36-66-27-19-20-28-73(66)67)97(128)112(10)85(99(130)110(83)8)48-63-25-17-14-18-26-63/h13-30,32-35,37-41,53,59-61,69,75,77-85,101,114-115H,11-12,31,36,42-52,54-58H2,1-10H3,(H2,100,119)(H,102,120)(H,103,121)(H,104,123)(H,105,124)(H,106,125)(H,107,122)/t69-,75-,77-,78-,79-,80-,81-,82-,83-,84-,85-/m0/s1. The number of nitrogens with one attached hydrogen (secondary N) is 7. The number of nitrogens with two attached hydrogens (primary N) is 1. The number of H-pyrrole nitrogens is 1. The largest absolute Gasteiger partial charge is 0.508 e. The molecular formula is C99H123N13O19S. The second-order valence-corrected chi connectivity index (χ2v) is 35.9. The van der Waals surface area contributed by atoms with Gasteiger partial charge in [-0.2, -0.15) is 0 Å². The van der Waals surface area contributed by atoms with Crippen molar-refractivity contribution in [1.29, 1.82) is 0 Å². The quantitative estimate of drug-likeness (QED) is 0.0284. The number of hydrogen-bond donors (Lipinski definition) is 10. The highest BCUT2D eigenvalue weighted by Gasteiger charge is 2.43. The van der Waals surface area contributed by atoms with E-state index in [2.05, 4.69) is 36.9 Å². The number of aromatic nitrogens is 1. The lowest BCUT2D eigenvalue weighted by atomic mass is 9.84. The smallest absolute Gasteiger partial charge is 0.293 e. The third-order valence-corrected chi connectivity index (χ3v) is 25.0. The number of para-hydroxylation sites is 1. The number of unbranched alkanes of at least 4 members (excludes halogenated alkanes) is 1. The maximum absolute atomic E-state index is 15.7. The van der Waals surface area contributed by atoms with Gasteiger partial charge >= 0.3 is 0 Å². The van der Waals surface area contributed by atoms with Gasteiger partial charge in [-0.05, 0) is 106 Å². The van der Waals surface area contributed by atoms with Gasteiger partial charge in [0.15, 0.2) is 11.6 Å². The molecule has 0 unspecified atom stereocenters.